The van der Waals surface area contributed by atoms with Crippen LogP contribution in [0.3, 0.4) is 0 Å². The fraction of sp³-hybridized carbons (Fsp3) is 0.292. The predicted octanol–water partition coefficient (Wildman–Crippen LogP) is 7.38. The molecule has 0 radical (unpaired) electrons. The van der Waals surface area contributed by atoms with Crippen molar-refractivity contribution in [2.45, 2.75) is 44.3 Å². The number of amides is 1. The van der Waals surface area contributed by atoms with Gasteiger partial charge in [0, 0.05) is 27.4 Å². The molecule has 0 unspecified atom stereocenters. The Kier molecular flexibility index (Phi) is 7.85. The zero-order valence-electron chi connectivity index (χ0n) is 18.7. The minimum atomic E-state index is -4.68. The van der Waals surface area contributed by atoms with E-state index in [1.165, 1.54) is 22.9 Å². The van der Waals surface area contributed by atoms with E-state index >= 15 is 0 Å². The van der Waals surface area contributed by atoms with Gasteiger partial charge in [-0.2, -0.15) is 23.3 Å². The van der Waals surface area contributed by atoms with Crippen LogP contribution in [0, 0.1) is 5.82 Å². The van der Waals surface area contributed by atoms with E-state index in [1.807, 2.05) is 0 Å². The van der Waals surface area contributed by atoms with Crippen LogP contribution in [0.2, 0.25) is 10.0 Å². The van der Waals surface area contributed by atoms with Gasteiger partial charge in [-0.1, -0.05) is 48.5 Å². The van der Waals surface area contributed by atoms with Crippen LogP contribution >= 0.6 is 23.2 Å². The van der Waals surface area contributed by atoms with Gasteiger partial charge < -0.3 is 5.32 Å². The second-order valence-electron chi connectivity index (χ2n) is 8.33. The van der Waals surface area contributed by atoms with E-state index in [-0.39, 0.29) is 34.1 Å². The maximum atomic E-state index is 13.9. The Balaban J connectivity index is 1.75. The van der Waals surface area contributed by atoms with E-state index in [0.29, 0.717) is 17.9 Å². The first-order valence-corrected chi connectivity index (χ1v) is 11.9. The van der Waals surface area contributed by atoms with Gasteiger partial charge >= 0.3 is 6.18 Å². The lowest BCUT2D eigenvalue weighted by atomic mass is 9.96. The van der Waals surface area contributed by atoms with Gasteiger partial charge in [0.2, 0.25) is 5.96 Å². The second kappa shape index (κ2) is 10.9. The topological polar surface area (TPSA) is 71.3 Å². The first-order chi connectivity index (χ1) is 17.1. The van der Waals surface area contributed by atoms with Crippen molar-refractivity contribution in [2.24, 2.45) is 4.99 Å². The summed E-state index contributed by atoms with van der Waals surface area (Å²) in [5, 5.41) is 9.45. The van der Waals surface area contributed by atoms with Crippen molar-refractivity contribution < 1.29 is 22.4 Å². The number of hydrogen-bond acceptors (Lipinski definition) is 3. The summed E-state index contributed by atoms with van der Waals surface area (Å²) in [7, 11) is 0. The molecule has 1 aliphatic rings. The average Bonchev–Trinajstić information content (AvgIpc) is 3.23. The number of carbonyl (C=O) groups is 1. The quantitative estimate of drug-likeness (QED) is 0.205. The summed E-state index contributed by atoms with van der Waals surface area (Å²) in [5.74, 6) is -1.64. The molecular weight excluding hydrogens is 521 g/mol. The molecule has 1 amide bonds. The molecular formula is C24H21Cl2F4N5O. The van der Waals surface area contributed by atoms with Crippen LogP contribution < -0.4 is 10.6 Å². The molecule has 1 heterocycles. The Labute approximate surface area is 214 Å². The molecule has 0 saturated heterocycles. The number of benzene rings is 2. The number of anilines is 1. The van der Waals surface area contributed by atoms with Crippen LogP contribution in [-0.2, 0) is 6.18 Å². The number of carbonyl (C=O) groups excluding carboxylic acids is 1. The van der Waals surface area contributed by atoms with Crippen LogP contribution in [0.25, 0.3) is 0 Å². The summed E-state index contributed by atoms with van der Waals surface area (Å²) in [6.07, 6.45) is -0.679. The summed E-state index contributed by atoms with van der Waals surface area (Å²) in [6.45, 7) is 0. The summed E-state index contributed by atoms with van der Waals surface area (Å²) < 4.78 is 55.7. The van der Waals surface area contributed by atoms with Gasteiger partial charge in [0.25, 0.3) is 5.91 Å². The average molecular weight is 542 g/mol. The molecule has 4 rings (SSSR count). The van der Waals surface area contributed by atoms with Crippen LogP contribution in [0.1, 0.15) is 54.2 Å². The highest BCUT2D eigenvalue weighted by atomic mass is 35.5. The lowest BCUT2D eigenvalue weighted by Crippen LogP contribution is -2.36. The van der Waals surface area contributed by atoms with Gasteiger partial charge in [-0.3, -0.25) is 10.1 Å². The molecule has 1 fully saturated rings. The van der Waals surface area contributed by atoms with Crippen molar-refractivity contribution in [3.8, 4) is 0 Å². The van der Waals surface area contributed by atoms with Gasteiger partial charge in [0.1, 0.15) is 5.82 Å². The largest absolute Gasteiger partial charge is 0.435 e. The summed E-state index contributed by atoms with van der Waals surface area (Å²) in [4.78, 5) is 17.2. The highest BCUT2D eigenvalue weighted by Gasteiger charge is 2.36. The molecule has 1 saturated carbocycles. The van der Waals surface area contributed by atoms with Crippen LogP contribution in [0.5, 0.6) is 0 Å². The van der Waals surface area contributed by atoms with E-state index in [2.05, 4.69) is 20.7 Å². The highest BCUT2D eigenvalue weighted by molar-refractivity contribution is 6.31. The third-order valence-corrected chi connectivity index (χ3v) is 6.05. The Hall–Kier alpha value is -3.11. The summed E-state index contributed by atoms with van der Waals surface area (Å²) >= 11 is 11.9. The molecule has 3 aromatic rings. The van der Waals surface area contributed by atoms with E-state index in [9.17, 15) is 22.4 Å². The van der Waals surface area contributed by atoms with E-state index in [4.69, 9.17) is 23.2 Å². The van der Waals surface area contributed by atoms with E-state index < -0.39 is 23.6 Å². The van der Waals surface area contributed by atoms with Crippen molar-refractivity contribution in [3.63, 3.8) is 0 Å². The predicted molar refractivity (Wildman–Crippen MR) is 130 cm³/mol. The number of rotatable bonds is 4. The van der Waals surface area contributed by atoms with Gasteiger partial charge in [-0.05, 0) is 49.2 Å². The Morgan fingerprint density at radius 1 is 1.03 bits per heavy atom. The number of halogens is 6. The molecule has 0 atom stereocenters. The zero-order valence-corrected chi connectivity index (χ0v) is 20.3. The van der Waals surface area contributed by atoms with Crippen molar-refractivity contribution in [2.75, 3.05) is 5.32 Å². The molecule has 36 heavy (non-hydrogen) atoms. The minimum Gasteiger partial charge on any atom is -0.325 e. The van der Waals surface area contributed by atoms with Crippen LogP contribution in [-0.4, -0.2) is 21.6 Å². The lowest BCUT2D eigenvalue weighted by Gasteiger charge is -2.23. The van der Waals surface area contributed by atoms with Crippen LogP contribution in [0.4, 0.5) is 29.1 Å². The molecule has 1 aromatic heterocycles. The number of hydrogen-bond donors (Lipinski definition) is 2. The van der Waals surface area contributed by atoms with E-state index in [0.717, 1.165) is 37.5 Å². The molecule has 0 spiro atoms. The maximum Gasteiger partial charge on any atom is 0.435 e. The Morgan fingerprint density at radius 3 is 2.44 bits per heavy atom. The molecule has 2 aromatic carbocycles. The highest BCUT2D eigenvalue weighted by Crippen LogP contribution is 2.36. The molecule has 0 aliphatic heterocycles. The van der Waals surface area contributed by atoms with Crippen LogP contribution in [0.15, 0.2) is 53.5 Å². The summed E-state index contributed by atoms with van der Waals surface area (Å²) in [5.41, 5.74) is -0.780. The van der Waals surface area contributed by atoms with Gasteiger partial charge in [0.15, 0.2) is 11.5 Å². The Bertz CT molecular complexity index is 1270. The normalized spacial score (nSPS) is 15.1. The fourth-order valence-electron chi connectivity index (χ4n) is 3.97. The van der Waals surface area contributed by atoms with Gasteiger partial charge in [0.05, 0.1) is 6.04 Å². The third-order valence-electron chi connectivity index (χ3n) is 5.60. The SMILES string of the molecule is O=C(NC(=Nc1cc(C(F)(F)F)nn1C1CCCCC1)Nc1cc(F)cc(Cl)c1)c1cccc(Cl)c1. The monoisotopic (exact) mass is 541 g/mol. The minimum absolute atomic E-state index is 0.0737. The Morgan fingerprint density at radius 2 is 1.78 bits per heavy atom. The van der Waals surface area contributed by atoms with Gasteiger partial charge in [-0.15, -0.1) is 0 Å². The maximum absolute atomic E-state index is 13.9. The molecule has 190 valence electrons. The molecule has 1 aliphatic carbocycles. The van der Waals surface area contributed by atoms with Crippen molar-refractivity contribution in [3.05, 3.63) is 75.7 Å². The fourth-order valence-corrected chi connectivity index (χ4v) is 4.39. The number of aromatic nitrogens is 2. The number of guanidine groups is 1. The first-order valence-electron chi connectivity index (χ1n) is 11.1. The van der Waals surface area contributed by atoms with Crippen molar-refractivity contribution in [1.82, 2.24) is 15.1 Å². The second-order valence-corrected chi connectivity index (χ2v) is 9.20. The zero-order chi connectivity index (χ0) is 25.9. The number of nitrogens with one attached hydrogen (secondary N) is 2. The lowest BCUT2D eigenvalue weighted by molar-refractivity contribution is -0.141. The summed E-state index contributed by atoms with van der Waals surface area (Å²) in [6, 6.07) is 10.2. The molecule has 2 N–H and O–H groups in total. The van der Waals surface area contributed by atoms with Gasteiger partial charge in [-0.25, -0.2) is 9.07 Å². The first kappa shape index (κ1) is 26.0. The van der Waals surface area contributed by atoms with Crippen molar-refractivity contribution >= 4 is 46.6 Å². The molecule has 0 bridgehead atoms. The standard InChI is InChI=1S/C24H21Cl2F4N5O/c25-15-6-4-5-14(9-15)22(36)33-23(31-18-11-16(26)10-17(27)12-18)32-21-13-20(24(28,29)30)34-35(21)19-7-2-1-3-8-19/h4-6,9-13,19H,1-3,7-8H2,(H2,31,32,33,36). The van der Waals surface area contributed by atoms with Crippen molar-refractivity contribution in [1.29, 1.82) is 0 Å². The molecule has 6 nitrogen and oxygen atoms in total. The number of nitrogens with zero attached hydrogens (tertiary/aromatic N) is 3. The number of alkyl halides is 3. The number of aliphatic imine (C=N–C) groups is 1. The molecule has 12 heteroatoms. The smallest absolute Gasteiger partial charge is 0.325 e. The van der Waals surface area contributed by atoms with E-state index in [1.54, 1.807) is 12.1 Å². The third kappa shape index (κ3) is 6.55.